The number of azo groups is 1. The number of aromatic nitrogens is 1. The molecule has 3 rings (SSSR count). The first-order chi connectivity index (χ1) is 12.7. The first-order valence-corrected chi connectivity index (χ1v) is 8.15. The lowest BCUT2D eigenvalue weighted by Gasteiger charge is -2.15. The predicted molar refractivity (Wildman–Crippen MR) is 104 cm³/mol. The summed E-state index contributed by atoms with van der Waals surface area (Å²) in [7, 11) is 1.74. The number of benzene rings is 2. The lowest BCUT2D eigenvalue weighted by Crippen LogP contribution is -2.23. The molecule has 128 valence electrons. The minimum absolute atomic E-state index is 0.0972. The molecule has 0 saturated heterocycles. The van der Waals surface area contributed by atoms with Gasteiger partial charge >= 0.3 is 0 Å². The standard InChI is InChI=1S/C21H18N4O/c1-25(21(26)12-7-17-5-3-2-4-6-17)20-10-8-18(9-11-20)23-24-19-13-15-22-16-14-19/h2-16H,1H3. The van der Waals surface area contributed by atoms with E-state index in [9.17, 15) is 4.79 Å². The minimum Gasteiger partial charge on any atom is -0.312 e. The van der Waals surface area contributed by atoms with Crippen LogP contribution in [0.15, 0.2) is 95.4 Å². The molecule has 0 saturated carbocycles. The van der Waals surface area contributed by atoms with Crippen LogP contribution in [0.2, 0.25) is 0 Å². The summed E-state index contributed by atoms with van der Waals surface area (Å²) >= 11 is 0. The zero-order valence-electron chi connectivity index (χ0n) is 14.4. The fourth-order valence-corrected chi connectivity index (χ4v) is 2.24. The Hall–Kier alpha value is -3.60. The smallest absolute Gasteiger partial charge is 0.250 e. The topological polar surface area (TPSA) is 57.9 Å². The summed E-state index contributed by atoms with van der Waals surface area (Å²) < 4.78 is 0. The van der Waals surface area contributed by atoms with Gasteiger partial charge < -0.3 is 4.90 Å². The minimum atomic E-state index is -0.0972. The molecule has 0 aliphatic rings. The number of likely N-dealkylation sites (N-methyl/N-ethyl adjacent to an activating group) is 1. The van der Waals surface area contributed by atoms with Gasteiger partial charge in [-0.1, -0.05) is 30.3 Å². The number of pyridine rings is 1. The van der Waals surface area contributed by atoms with Crippen molar-refractivity contribution in [1.82, 2.24) is 4.98 Å². The van der Waals surface area contributed by atoms with Crippen LogP contribution in [-0.4, -0.2) is 17.9 Å². The van der Waals surface area contributed by atoms with E-state index in [1.54, 1.807) is 48.6 Å². The van der Waals surface area contributed by atoms with E-state index >= 15 is 0 Å². The van der Waals surface area contributed by atoms with E-state index in [2.05, 4.69) is 15.2 Å². The van der Waals surface area contributed by atoms with E-state index in [1.807, 2.05) is 54.6 Å². The number of hydrogen-bond donors (Lipinski definition) is 0. The van der Waals surface area contributed by atoms with E-state index in [1.165, 1.54) is 0 Å². The molecule has 5 heteroatoms. The van der Waals surface area contributed by atoms with Gasteiger partial charge in [-0.15, -0.1) is 0 Å². The summed E-state index contributed by atoms with van der Waals surface area (Å²) in [6, 6.07) is 20.6. The number of carbonyl (C=O) groups is 1. The lowest BCUT2D eigenvalue weighted by atomic mass is 10.2. The Labute approximate surface area is 152 Å². The van der Waals surface area contributed by atoms with E-state index in [4.69, 9.17) is 0 Å². The number of carbonyl (C=O) groups excluding carboxylic acids is 1. The number of nitrogens with zero attached hydrogens (tertiary/aromatic N) is 4. The summed E-state index contributed by atoms with van der Waals surface area (Å²) in [4.78, 5) is 17.8. The quantitative estimate of drug-likeness (QED) is 0.474. The summed E-state index contributed by atoms with van der Waals surface area (Å²) in [6.07, 6.45) is 6.70. The molecule has 0 N–H and O–H groups in total. The number of anilines is 1. The van der Waals surface area contributed by atoms with Gasteiger partial charge in [0.05, 0.1) is 11.4 Å². The van der Waals surface area contributed by atoms with Crippen molar-refractivity contribution < 1.29 is 4.79 Å². The molecule has 0 aliphatic carbocycles. The molecule has 0 spiro atoms. The van der Waals surface area contributed by atoms with E-state index in [0.29, 0.717) is 5.69 Å². The Bertz CT molecular complexity index is 904. The molecule has 0 aliphatic heterocycles. The Kier molecular flexibility index (Phi) is 5.62. The van der Waals surface area contributed by atoms with Gasteiger partial charge in [0.25, 0.3) is 5.91 Å². The van der Waals surface area contributed by atoms with Crippen molar-refractivity contribution in [3.8, 4) is 0 Å². The fourth-order valence-electron chi connectivity index (χ4n) is 2.24. The van der Waals surface area contributed by atoms with Crippen molar-refractivity contribution in [2.45, 2.75) is 0 Å². The maximum absolute atomic E-state index is 12.3. The zero-order valence-corrected chi connectivity index (χ0v) is 14.4. The molecular formula is C21H18N4O. The van der Waals surface area contributed by atoms with Crippen LogP contribution in [-0.2, 0) is 4.79 Å². The van der Waals surface area contributed by atoms with Crippen molar-refractivity contribution in [3.05, 3.63) is 90.8 Å². The van der Waals surface area contributed by atoms with Gasteiger partial charge in [0, 0.05) is 31.2 Å². The van der Waals surface area contributed by atoms with Crippen LogP contribution >= 0.6 is 0 Å². The van der Waals surface area contributed by atoms with Gasteiger partial charge in [-0.3, -0.25) is 9.78 Å². The molecule has 1 amide bonds. The highest BCUT2D eigenvalue weighted by molar-refractivity contribution is 6.03. The number of amides is 1. The van der Waals surface area contributed by atoms with Crippen molar-refractivity contribution in [3.63, 3.8) is 0 Å². The Balaban J connectivity index is 1.65. The first-order valence-electron chi connectivity index (χ1n) is 8.15. The second-order valence-electron chi connectivity index (χ2n) is 5.56. The van der Waals surface area contributed by atoms with Crippen LogP contribution in [0.4, 0.5) is 17.1 Å². The molecule has 2 aromatic carbocycles. The zero-order chi connectivity index (χ0) is 18.2. The van der Waals surface area contributed by atoms with Crippen molar-refractivity contribution in [1.29, 1.82) is 0 Å². The predicted octanol–water partition coefficient (Wildman–Crippen LogP) is 5.17. The summed E-state index contributed by atoms with van der Waals surface area (Å²) in [5, 5.41) is 8.32. The fraction of sp³-hybridized carbons (Fsp3) is 0.0476. The van der Waals surface area contributed by atoms with Crippen LogP contribution in [0.1, 0.15) is 5.56 Å². The molecule has 5 nitrogen and oxygen atoms in total. The van der Waals surface area contributed by atoms with Gasteiger partial charge in [0.1, 0.15) is 0 Å². The summed E-state index contributed by atoms with van der Waals surface area (Å²) in [5.74, 6) is -0.0972. The van der Waals surface area contributed by atoms with Crippen LogP contribution in [0.3, 0.4) is 0 Å². The van der Waals surface area contributed by atoms with E-state index in [0.717, 1.165) is 16.9 Å². The van der Waals surface area contributed by atoms with Crippen LogP contribution in [0, 0.1) is 0 Å². The molecule has 0 bridgehead atoms. The number of hydrogen-bond acceptors (Lipinski definition) is 4. The van der Waals surface area contributed by atoms with Crippen LogP contribution < -0.4 is 4.90 Å². The third-order valence-corrected chi connectivity index (χ3v) is 3.73. The molecule has 3 aromatic rings. The van der Waals surface area contributed by atoms with Crippen molar-refractivity contribution in [2.75, 3.05) is 11.9 Å². The maximum Gasteiger partial charge on any atom is 0.250 e. The third kappa shape index (κ3) is 4.70. The van der Waals surface area contributed by atoms with Gasteiger partial charge in [-0.05, 0) is 48.0 Å². The molecule has 1 aromatic heterocycles. The van der Waals surface area contributed by atoms with Crippen LogP contribution in [0.25, 0.3) is 6.08 Å². The van der Waals surface area contributed by atoms with E-state index in [-0.39, 0.29) is 5.91 Å². The Morgan fingerprint density at radius 1 is 0.885 bits per heavy atom. The van der Waals surface area contributed by atoms with Gasteiger partial charge in [0.2, 0.25) is 0 Å². The summed E-state index contributed by atoms with van der Waals surface area (Å²) in [6.45, 7) is 0. The lowest BCUT2D eigenvalue weighted by molar-refractivity contribution is -0.113. The molecular weight excluding hydrogens is 324 g/mol. The number of rotatable bonds is 5. The Morgan fingerprint density at radius 2 is 1.50 bits per heavy atom. The average molecular weight is 342 g/mol. The first kappa shape index (κ1) is 17.2. The van der Waals surface area contributed by atoms with Crippen molar-refractivity contribution >= 4 is 29.0 Å². The monoisotopic (exact) mass is 342 g/mol. The van der Waals surface area contributed by atoms with Crippen molar-refractivity contribution in [2.24, 2.45) is 10.2 Å². The highest BCUT2D eigenvalue weighted by Gasteiger charge is 2.07. The second-order valence-corrected chi connectivity index (χ2v) is 5.56. The molecule has 0 fully saturated rings. The highest BCUT2D eigenvalue weighted by Crippen LogP contribution is 2.21. The molecule has 1 heterocycles. The molecule has 26 heavy (non-hydrogen) atoms. The second kappa shape index (κ2) is 8.48. The summed E-state index contributed by atoms with van der Waals surface area (Å²) in [5.41, 5.74) is 3.23. The SMILES string of the molecule is CN(C(=O)C=Cc1ccccc1)c1ccc(N=Nc2ccncc2)cc1. The normalized spacial score (nSPS) is 11.1. The largest absolute Gasteiger partial charge is 0.312 e. The van der Waals surface area contributed by atoms with Crippen LogP contribution in [0.5, 0.6) is 0 Å². The molecule has 0 unspecified atom stereocenters. The molecule has 0 atom stereocenters. The highest BCUT2D eigenvalue weighted by atomic mass is 16.2. The van der Waals surface area contributed by atoms with Gasteiger partial charge in [0.15, 0.2) is 0 Å². The third-order valence-electron chi connectivity index (χ3n) is 3.73. The van der Waals surface area contributed by atoms with Gasteiger partial charge in [-0.2, -0.15) is 10.2 Å². The Morgan fingerprint density at radius 3 is 2.15 bits per heavy atom. The maximum atomic E-state index is 12.3. The van der Waals surface area contributed by atoms with Gasteiger partial charge in [-0.25, -0.2) is 0 Å². The van der Waals surface area contributed by atoms with E-state index < -0.39 is 0 Å². The average Bonchev–Trinajstić information content (AvgIpc) is 2.72. The molecule has 0 radical (unpaired) electrons.